The number of rotatable bonds is 2. The number of aryl methyl sites for hydroxylation is 1. The first-order chi connectivity index (χ1) is 5.65. The van der Waals surface area contributed by atoms with Crippen molar-refractivity contribution in [2.24, 2.45) is 0 Å². The first kappa shape index (κ1) is 8.78. The van der Waals surface area contributed by atoms with Gasteiger partial charge in [-0.15, -0.1) is 0 Å². The van der Waals surface area contributed by atoms with Crippen LogP contribution in [0.15, 0.2) is 18.2 Å². The molecule has 0 bridgehead atoms. The summed E-state index contributed by atoms with van der Waals surface area (Å²) in [5.74, 6) is 0.103. The lowest BCUT2D eigenvalue weighted by molar-refractivity contribution is 0.101. The van der Waals surface area contributed by atoms with Crippen LogP contribution in [0.3, 0.4) is 0 Å². The van der Waals surface area contributed by atoms with E-state index in [4.69, 9.17) is 0 Å². The van der Waals surface area contributed by atoms with Gasteiger partial charge in [0.05, 0.1) is 0 Å². The van der Waals surface area contributed by atoms with Crippen molar-refractivity contribution in [1.29, 1.82) is 0 Å². The third kappa shape index (κ3) is 1.64. The predicted octanol–water partition coefficient (Wildman–Crippen LogP) is 2.24. The monoisotopic (exact) mass is 163 g/mol. The molecule has 2 heteroatoms. The van der Waals surface area contributed by atoms with Gasteiger partial charge in [-0.1, -0.05) is 12.1 Å². The van der Waals surface area contributed by atoms with Crippen molar-refractivity contribution < 1.29 is 4.79 Å². The van der Waals surface area contributed by atoms with E-state index < -0.39 is 0 Å². The van der Waals surface area contributed by atoms with E-state index in [1.165, 1.54) is 0 Å². The van der Waals surface area contributed by atoms with Gasteiger partial charge in [-0.3, -0.25) is 4.79 Å². The lowest BCUT2D eigenvalue weighted by atomic mass is 10.1. The Kier molecular flexibility index (Phi) is 2.48. The van der Waals surface area contributed by atoms with E-state index in [1.54, 1.807) is 6.92 Å². The maximum atomic E-state index is 11.0. The summed E-state index contributed by atoms with van der Waals surface area (Å²) in [5.41, 5.74) is 2.93. The van der Waals surface area contributed by atoms with Gasteiger partial charge in [0.2, 0.25) is 0 Å². The van der Waals surface area contributed by atoms with Crippen molar-refractivity contribution >= 4 is 11.5 Å². The summed E-state index contributed by atoms with van der Waals surface area (Å²) in [7, 11) is 1.85. The van der Waals surface area contributed by atoms with Gasteiger partial charge in [0.1, 0.15) is 0 Å². The second-order valence-corrected chi connectivity index (χ2v) is 2.84. The van der Waals surface area contributed by atoms with Gasteiger partial charge in [0.15, 0.2) is 5.78 Å². The number of nitrogens with one attached hydrogen (secondary N) is 1. The summed E-state index contributed by atoms with van der Waals surface area (Å²) in [4.78, 5) is 11.0. The molecule has 1 aromatic rings. The number of hydrogen-bond donors (Lipinski definition) is 1. The molecule has 0 saturated carbocycles. The van der Waals surface area contributed by atoms with Gasteiger partial charge in [-0.25, -0.2) is 0 Å². The Morgan fingerprint density at radius 1 is 1.42 bits per heavy atom. The average Bonchev–Trinajstić information content (AvgIpc) is 2.05. The molecule has 1 N–H and O–H groups in total. The third-order valence-electron chi connectivity index (χ3n) is 1.91. The van der Waals surface area contributed by atoms with Gasteiger partial charge in [-0.2, -0.15) is 0 Å². The average molecular weight is 163 g/mol. The molecule has 0 spiro atoms. The minimum absolute atomic E-state index is 0.103. The SMILES string of the molecule is CNc1cc(C(C)=O)ccc1C. The van der Waals surface area contributed by atoms with Crippen molar-refractivity contribution in [3.8, 4) is 0 Å². The molecule has 12 heavy (non-hydrogen) atoms. The van der Waals surface area contributed by atoms with Gasteiger partial charge in [0, 0.05) is 18.3 Å². The van der Waals surface area contributed by atoms with Crippen molar-refractivity contribution in [2.45, 2.75) is 13.8 Å². The highest BCUT2D eigenvalue weighted by Crippen LogP contribution is 2.16. The molecule has 0 aliphatic rings. The Labute approximate surface area is 72.6 Å². The molecule has 0 saturated heterocycles. The molecule has 0 unspecified atom stereocenters. The molecule has 64 valence electrons. The second-order valence-electron chi connectivity index (χ2n) is 2.84. The Bertz CT molecular complexity index is 305. The molecule has 0 aliphatic heterocycles. The van der Waals surface area contributed by atoms with Crippen LogP contribution in [0.25, 0.3) is 0 Å². The van der Waals surface area contributed by atoms with E-state index in [9.17, 15) is 4.79 Å². The van der Waals surface area contributed by atoms with E-state index in [1.807, 2.05) is 32.2 Å². The maximum Gasteiger partial charge on any atom is 0.159 e. The molecule has 0 fully saturated rings. The number of ketones is 1. The van der Waals surface area contributed by atoms with Crippen LogP contribution in [0.2, 0.25) is 0 Å². The highest BCUT2D eigenvalue weighted by molar-refractivity contribution is 5.95. The Hall–Kier alpha value is -1.31. The fourth-order valence-electron chi connectivity index (χ4n) is 1.11. The summed E-state index contributed by atoms with van der Waals surface area (Å²) < 4.78 is 0. The Morgan fingerprint density at radius 2 is 2.08 bits per heavy atom. The fraction of sp³-hybridized carbons (Fsp3) is 0.300. The number of benzene rings is 1. The number of hydrogen-bond acceptors (Lipinski definition) is 2. The molecule has 2 nitrogen and oxygen atoms in total. The van der Waals surface area contributed by atoms with Crippen LogP contribution < -0.4 is 5.32 Å². The lowest BCUT2D eigenvalue weighted by Crippen LogP contribution is -1.96. The molecule has 1 aromatic carbocycles. The summed E-state index contributed by atoms with van der Waals surface area (Å²) >= 11 is 0. The normalized spacial score (nSPS) is 9.58. The zero-order valence-corrected chi connectivity index (χ0v) is 7.64. The van der Waals surface area contributed by atoms with Crippen LogP contribution >= 0.6 is 0 Å². The molecular weight excluding hydrogens is 150 g/mol. The summed E-state index contributed by atoms with van der Waals surface area (Å²) in [6.45, 7) is 3.58. The van der Waals surface area contributed by atoms with Gasteiger partial charge in [0.25, 0.3) is 0 Å². The van der Waals surface area contributed by atoms with Crippen LogP contribution in [0, 0.1) is 6.92 Å². The maximum absolute atomic E-state index is 11.0. The van der Waals surface area contributed by atoms with Gasteiger partial charge in [-0.05, 0) is 25.5 Å². The molecule has 1 rings (SSSR count). The predicted molar refractivity (Wildman–Crippen MR) is 50.7 cm³/mol. The summed E-state index contributed by atoms with van der Waals surface area (Å²) in [5, 5.41) is 3.04. The van der Waals surface area contributed by atoms with Crippen molar-refractivity contribution in [3.05, 3.63) is 29.3 Å². The molecule has 0 heterocycles. The number of carbonyl (C=O) groups excluding carboxylic acids is 1. The van der Waals surface area contributed by atoms with E-state index in [-0.39, 0.29) is 5.78 Å². The first-order valence-electron chi connectivity index (χ1n) is 3.94. The second kappa shape index (κ2) is 3.39. The van der Waals surface area contributed by atoms with Crippen molar-refractivity contribution in [1.82, 2.24) is 0 Å². The molecule has 0 amide bonds. The third-order valence-corrected chi connectivity index (χ3v) is 1.91. The van der Waals surface area contributed by atoms with E-state index in [2.05, 4.69) is 5.32 Å². The van der Waals surface area contributed by atoms with Crippen molar-refractivity contribution in [2.75, 3.05) is 12.4 Å². The van der Waals surface area contributed by atoms with E-state index in [0.717, 1.165) is 16.8 Å². The lowest BCUT2D eigenvalue weighted by Gasteiger charge is -2.05. The fourth-order valence-corrected chi connectivity index (χ4v) is 1.11. The van der Waals surface area contributed by atoms with E-state index >= 15 is 0 Å². The molecule has 0 atom stereocenters. The van der Waals surface area contributed by atoms with Gasteiger partial charge < -0.3 is 5.32 Å². The smallest absolute Gasteiger partial charge is 0.159 e. The zero-order chi connectivity index (χ0) is 9.14. The molecular formula is C10H13NO. The highest BCUT2D eigenvalue weighted by atomic mass is 16.1. The molecule has 0 aromatic heterocycles. The van der Waals surface area contributed by atoms with Crippen molar-refractivity contribution in [3.63, 3.8) is 0 Å². The first-order valence-corrected chi connectivity index (χ1v) is 3.94. The molecule has 0 aliphatic carbocycles. The van der Waals surface area contributed by atoms with Crippen LogP contribution in [-0.2, 0) is 0 Å². The largest absolute Gasteiger partial charge is 0.388 e. The highest BCUT2D eigenvalue weighted by Gasteiger charge is 2.01. The zero-order valence-electron chi connectivity index (χ0n) is 7.64. The Balaban J connectivity index is 3.13. The number of anilines is 1. The summed E-state index contributed by atoms with van der Waals surface area (Å²) in [6, 6.07) is 5.67. The van der Waals surface area contributed by atoms with E-state index in [0.29, 0.717) is 0 Å². The van der Waals surface area contributed by atoms with Crippen LogP contribution in [-0.4, -0.2) is 12.8 Å². The van der Waals surface area contributed by atoms with Crippen LogP contribution in [0.5, 0.6) is 0 Å². The standard InChI is InChI=1S/C10H13NO/c1-7-4-5-9(8(2)12)6-10(7)11-3/h4-6,11H,1-3H3. The minimum atomic E-state index is 0.103. The topological polar surface area (TPSA) is 29.1 Å². The minimum Gasteiger partial charge on any atom is -0.388 e. The van der Waals surface area contributed by atoms with Crippen LogP contribution in [0.1, 0.15) is 22.8 Å². The Morgan fingerprint density at radius 3 is 2.58 bits per heavy atom. The summed E-state index contributed by atoms with van der Waals surface area (Å²) in [6.07, 6.45) is 0. The number of carbonyl (C=O) groups is 1. The molecule has 0 radical (unpaired) electrons. The van der Waals surface area contributed by atoms with Gasteiger partial charge >= 0.3 is 0 Å². The van der Waals surface area contributed by atoms with Crippen LogP contribution in [0.4, 0.5) is 5.69 Å². The quantitative estimate of drug-likeness (QED) is 0.677. The number of Topliss-reactive ketones (excluding diaryl/α,β-unsaturated/α-hetero) is 1.